The second kappa shape index (κ2) is 10.9. The van der Waals surface area contributed by atoms with Gasteiger partial charge in [-0.2, -0.15) is 13.2 Å². The first-order valence-corrected chi connectivity index (χ1v) is 9.44. The molecule has 0 unspecified atom stereocenters. The lowest BCUT2D eigenvalue weighted by Crippen LogP contribution is -2.32. The number of hydrogen-bond donors (Lipinski definition) is 2. The van der Waals surface area contributed by atoms with Gasteiger partial charge in [0.1, 0.15) is 5.60 Å². The molecule has 0 aliphatic heterocycles. The molecule has 0 saturated heterocycles. The Morgan fingerprint density at radius 1 is 1.00 bits per heavy atom. The number of alkyl halides is 3. The van der Waals surface area contributed by atoms with E-state index in [4.69, 9.17) is 4.74 Å². The summed E-state index contributed by atoms with van der Waals surface area (Å²) in [5.74, 6) is -0.695. The zero-order chi connectivity index (χ0) is 22.1. The summed E-state index contributed by atoms with van der Waals surface area (Å²) < 4.78 is 49.1. The summed E-state index contributed by atoms with van der Waals surface area (Å²) in [6.45, 7) is 6.15. The van der Waals surface area contributed by atoms with E-state index in [-0.39, 0.29) is 11.3 Å². The molecule has 1 aromatic rings. The molecule has 0 aromatic heterocycles. The van der Waals surface area contributed by atoms with Crippen LogP contribution >= 0.6 is 0 Å². The number of hydrogen-bond acceptors (Lipinski definition) is 5. The van der Waals surface area contributed by atoms with Crippen molar-refractivity contribution < 1.29 is 32.2 Å². The molecule has 1 aromatic carbocycles. The van der Waals surface area contributed by atoms with Crippen molar-refractivity contribution in [2.45, 2.75) is 58.2 Å². The fraction of sp³-hybridized carbons (Fsp3) is 0.600. The van der Waals surface area contributed by atoms with Crippen LogP contribution < -0.4 is 10.6 Å². The molecular weight excluding hydrogens is 389 g/mol. The second-order valence-electron chi connectivity index (χ2n) is 7.52. The van der Waals surface area contributed by atoms with Gasteiger partial charge in [-0.15, -0.1) is 0 Å². The average molecular weight is 418 g/mol. The Kier molecular flexibility index (Phi) is 9.26. The van der Waals surface area contributed by atoms with Gasteiger partial charge in [0.15, 0.2) is 0 Å². The van der Waals surface area contributed by atoms with Crippen LogP contribution in [-0.4, -0.2) is 37.9 Å². The van der Waals surface area contributed by atoms with Gasteiger partial charge in [0.2, 0.25) is 0 Å². The van der Waals surface area contributed by atoms with E-state index in [1.165, 1.54) is 7.11 Å². The van der Waals surface area contributed by atoms with Gasteiger partial charge < -0.3 is 20.1 Å². The lowest BCUT2D eigenvalue weighted by atomic mass is 10.1. The van der Waals surface area contributed by atoms with Crippen molar-refractivity contribution in [3.8, 4) is 0 Å². The number of benzene rings is 1. The normalized spacial score (nSPS) is 11.7. The number of esters is 1. The number of methoxy groups -OCH3 is 1. The van der Waals surface area contributed by atoms with E-state index in [2.05, 4.69) is 15.4 Å². The topological polar surface area (TPSA) is 76.7 Å². The summed E-state index contributed by atoms with van der Waals surface area (Å²) in [4.78, 5) is 23.1. The minimum atomic E-state index is -4.52. The fourth-order valence-corrected chi connectivity index (χ4v) is 2.51. The largest absolute Gasteiger partial charge is 0.465 e. The molecule has 0 radical (unpaired) electrons. The molecule has 0 atom stereocenters. The molecule has 6 nitrogen and oxygen atoms in total. The number of halogens is 3. The molecule has 1 rings (SSSR count). The Balaban J connectivity index is 2.40. The van der Waals surface area contributed by atoms with Crippen molar-refractivity contribution in [2.75, 3.05) is 25.5 Å². The average Bonchev–Trinajstić information content (AvgIpc) is 2.60. The first-order chi connectivity index (χ1) is 13.4. The number of unbranched alkanes of at least 4 members (excludes halogenated alkanes) is 3. The fourth-order valence-electron chi connectivity index (χ4n) is 2.51. The van der Waals surface area contributed by atoms with Gasteiger partial charge in [-0.1, -0.05) is 12.8 Å². The predicted molar refractivity (Wildman–Crippen MR) is 104 cm³/mol. The third-order valence-electron chi connectivity index (χ3n) is 3.83. The number of carbonyl (C=O) groups is 2. The minimum Gasteiger partial charge on any atom is -0.465 e. The number of anilines is 1. The summed E-state index contributed by atoms with van der Waals surface area (Å²) in [5.41, 5.74) is -1.47. The highest BCUT2D eigenvalue weighted by molar-refractivity contribution is 5.90. The van der Waals surface area contributed by atoms with E-state index < -0.39 is 29.4 Å². The molecule has 0 fully saturated rings. The van der Waals surface area contributed by atoms with Gasteiger partial charge >= 0.3 is 18.2 Å². The van der Waals surface area contributed by atoms with E-state index in [1.54, 1.807) is 20.8 Å². The third-order valence-corrected chi connectivity index (χ3v) is 3.83. The van der Waals surface area contributed by atoms with Crippen LogP contribution in [0.4, 0.5) is 23.7 Å². The number of amides is 1. The Bertz CT molecular complexity index is 685. The summed E-state index contributed by atoms with van der Waals surface area (Å²) in [7, 11) is 1.17. The molecule has 0 aliphatic carbocycles. The van der Waals surface area contributed by atoms with Crippen LogP contribution in [0.3, 0.4) is 0 Å². The maximum Gasteiger partial charge on any atom is 0.418 e. The van der Waals surface area contributed by atoms with Crippen LogP contribution in [0.25, 0.3) is 0 Å². The highest BCUT2D eigenvalue weighted by Crippen LogP contribution is 2.35. The molecule has 29 heavy (non-hydrogen) atoms. The Morgan fingerprint density at radius 2 is 1.62 bits per heavy atom. The zero-order valence-electron chi connectivity index (χ0n) is 17.2. The molecule has 0 bridgehead atoms. The monoisotopic (exact) mass is 418 g/mol. The molecule has 0 saturated carbocycles. The summed E-state index contributed by atoms with van der Waals surface area (Å²) in [6.07, 6.45) is -2.02. The number of carbonyl (C=O) groups excluding carboxylic acids is 2. The quantitative estimate of drug-likeness (QED) is 0.436. The van der Waals surface area contributed by atoms with Gasteiger partial charge in [-0.3, -0.25) is 0 Å². The molecule has 164 valence electrons. The SMILES string of the molecule is COC(=O)c1ccc(C(F)(F)F)c(NCCCCCCNC(=O)OC(C)(C)C)c1. The van der Waals surface area contributed by atoms with Crippen LogP contribution in [0.15, 0.2) is 18.2 Å². The first kappa shape index (κ1) is 24.6. The zero-order valence-corrected chi connectivity index (χ0v) is 17.2. The van der Waals surface area contributed by atoms with E-state index >= 15 is 0 Å². The third kappa shape index (κ3) is 9.54. The van der Waals surface area contributed by atoms with Crippen LogP contribution in [-0.2, 0) is 15.7 Å². The minimum absolute atomic E-state index is 0.0521. The van der Waals surface area contributed by atoms with Crippen molar-refractivity contribution in [3.63, 3.8) is 0 Å². The second-order valence-corrected chi connectivity index (χ2v) is 7.52. The maximum atomic E-state index is 13.1. The number of alkyl carbamates (subject to hydrolysis) is 1. The molecule has 0 aliphatic rings. The standard InChI is InChI=1S/C20H29F3N2O4/c1-19(2,3)29-18(27)25-12-8-6-5-7-11-24-16-13-14(17(26)28-4)9-10-15(16)20(21,22)23/h9-10,13,24H,5-8,11-12H2,1-4H3,(H,25,27). The molecule has 0 heterocycles. The van der Waals surface area contributed by atoms with E-state index in [0.717, 1.165) is 37.5 Å². The smallest absolute Gasteiger partial charge is 0.418 e. The maximum absolute atomic E-state index is 13.1. The summed E-state index contributed by atoms with van der Waals surface area (Å²) in [6, 6.07) is 3.12. The van der Waals surface area contributed by atoms with Crippen molar-refractivity contribution in [2.24, 2.45) is 0 Å². The number of nitrogens with one attached hydrogen (secondary N) is 2. The molecular formula is C20H29F3N2O4. The Labute approximate surface area is 169 Å². The van der Waals surface area contributed by atoms with Gasteiger partial charge in [0, 0.05) is 18.8 Å². The van der Waals surface area contributed by atoms with Gasteiger partial charge in [0.05, 0.1) is 18.2 Å². The van der Waals surface area contributed by atoms with Crippen LogP contribution in [0, 0.1) is 0 Å². The van der Waals surface area contributed by atoms with Crippen LogP contribution in [0.2, 0.25) is 0 Å². The van der Waals surface area contributed by atoms with Crippen molar-refractivity contribution >= 4 is 17.7 Å². The van der Waals surface area contributed by atoms with E-state index in [1.807, 2.05) is 0 Å². The molecule has 1 amide bonds. The van der Waals surface area contributed by atoms with E-state index in [0.29, 0.717) is 19.5 Å². The highest BCUT2D eigenvalue weighted by atomic mass is 19.4. The molecule has 9 heteroatoms. The summed E-state index contributed by atoms with van der Waals surface area (Å²) in [5, 5.41) is 5.41. The Hall–Kier alpha value is -2.45. The molecule has 2 N–H and O–H groups in total. The van der Waals surface area contributed by atoms with E-state index in [9.17, 15) is 22.8 Å². The molecule has 0 spiro atoms. The Morgan fingerprint density at radius 3 is 2.17 bits per heavy atom. The van der Waals surface area contributed by atoms with Crippen molar-refractivity contribution in [1.29, 1.82) is 0 Å². The van der Waals surface area contributed by atoms with Crippen molar-refractivity contribution in [1.82, 2.24) is 5.32 Å². The number of ether oxygens (including phenoxy) is 2. The summed E-state index contributed by atoms with van der Waals surface area (Å²) >= 11 is 0. The lowest BCUT2D eigenvalue weighted by Gasteiger charge is -2.19. The predicted octanol–water partition coefficient (Wildman–Crippen LogP) is 4.99. The van der Waals surface area contributed by atoms with Crippen molar-refractivity contribution in [3.05, 3.63) is 29.3 Å². The number of rotatable bonds is 9. The van der Waals surface area contributed by atoms with Crippen LogP contribution in [0.5, 0.6) is 0 Å². The van der Waals surface area contributed by atoms with Gasteiger partial charge in [0.25, 0.3) is 0 Å². The highest BCUT2D eigenvalue weighted by Gasteiger charge is 2.33. The lowest BCUT2D eigenvalue weighted by molar-refractivity contribution is -0.137. The van der Waals surface area contributed by atoms with Crippen LogP contribution in [0.1, 0.15) is 62.4 Å². The van der Waals surface area contributed by atoms with Gasteiger partial charge in [-0.25, -0.2) is 9.59 Å². The first-order valence-electron chi connectivity index (χ1n) is 9.44. The van der Waals surface area contributed by atoms with Gasteiger partial charge in [-0.05, 0) is 51.8 Å².